The largest absolute Gasteiger partial charge is 0.378 e. The molecule has 1 amide bonds. The summed E-state index contributed by atoms with van der Waals surface area (Å²) in [5.74, 6) is 5.37. The van der Waals surface area contributed by atoms with Crippen LogP contribution in [0.4, 0.5) is 0 Å². The van der Waals surface area contributed by atoms with Gasteiger partial charge in [-0.2, -0.15) is 5.10 Å². The van der Waals surface area contributed by atoms with Crippen LogP contribution in [0.15, 0.2) is 42.5 Å². The lowest BCUT2D eigenvalue weighted by molar-refractivity contribution is 0.0913. The zero-order valence-electron chi connectivity index (χ0n) is 18.9. The Kier molecular flexibility index (Phi) is 7.16. The molecule has 8 heteroatoms. The molecule has 0 saturated heterocycles. The summed E-state index contributed by atoms with van der Waals surface area (Å²) in [4.78, 5) is 13.2. The predicted molar refractivity (Wildman–Crippen MR) is 134 cm³/mol. The van der Waals surface area contributed by atoms with E-state index < -0.39 is 17.0 Å². The van der Waals surface area contributed by atoms with Crippen molar-refractivity contribution in [2.75, 3.05) is 0 Å². The van der Waals surface area contributed by atoms with Crippen molar-refractivity contribution in [1.82, 2.24) is 15.1 Å². The molecule has 1 heterocycles. The highest BCUT2D eigenvalue weighted by Gasteiger charge is 2.27. The van der Waals surface area contributed by atoms with E-state index in [2.05, 4.69) is 22.3 Å². The van der Waals surface area contributed by atoms with Gasteiger partial charge in [-0.25, -0.2) is 4.68 Å². The van der Waals surface area contributed by atoms with Gasteiger partial charge in [-0.15, -0.1) is 0 Å². The number of hydrogen-bond donors (Lipinski definition) is 2. The van der Waals surface area contributed by atoms with Crippen LogP contribution in [0, 0.1) is 11.8 Å². The van der Waals surface area contributed by atoms with E-state index in [4.69, 9.17) is 34.8 Å². The Morgan fingerprint density at radius 2 is 1.61 bits per heavy atom. The van der Waals surface area contributed by atoms with Gasteiger partial charge in [-0.05, 0) is 65.0 Å². The molecule has 3 aromatic rings. The number of aromatic nitrogens is 2. The first kappa shape index (κ1) is 25.1. The molecule has 0 fully saturated rings. The Hall–Kier alpha value is -2.49. The second-order valence-corrected chi connectivity index (χ2v) is 10.4. The van der Waals surface area contributed by atoms with Crippen LogP contribution in [0.2, 0.25) is 15.1 Å². The minimum Gasteiger partial charge on any atom is -0.378 e. The fraction of sp³-hybridized carbons (Fsp3) is 0.280. The highest BCUT2D eigenvalue weighted by Crippen LogP contribution is 2.33. The molecule has 0 aliphatic rings. The van der Waals surface area contributed by atoms with Crippen LogP contribution in [-0.4, -0.2) is 31.9 Å². The van der Waals surface area contributed by atoms with Crippen LogP contribution < -0.4 is 5.32 Å². The molecule has 0 aliphatic carbocycles. The van der Waals surface area contributed by atoms with Crippen LogP contribution in [0.5, 0.6) is 0 Å². The predicted octanol–water partition coefficient (Wildman–Crippen LogP) is 6.15. The van der Waals surface area contributed by atoms with Crippen molar-refractivity contribution < 1.29 is 9.90 Å². The molecule has 0 unspecified atom stereocenters. The molecular formula is C25H24Cl3N3O2. The van der Waals surface area contributed by atoms with Gasteiger partial charge in [-0.3, -0.25) is 4.79 Å². The zero-order chi connectivity index (χ0) is 24.6. The summed E-state index contributed by atoms with van der Waals surface area (Å²) < 4.78 is 1.56. The van der Waals surface area contributed by atoms with Gasteiger partial charge in [0.15, 0.2) is 5.69 Å². The van der Waals surface area contributed by atoms with Gasteiger partial charge in [0.1, 0.15) is 5.60 Å². The van der Waals surface area contributed by atoms with E-state index >= 15 is 0 Å². The molecule has 3 rings (SSSR count). The van der Waals surface area contributed by atoms with Gasteiger partial charge in [0, 0.05) is 21.1 Å². The van der Waals surface area contributed by atoms with Crippen molar-refractivity contribution in [3.8, 4) is 28.8 Å². The Bertz CT molecular complexity index is 1260. The smallest absolute Gasteiger partial charge is 0.273 e. The average molecular weight is 505 g/mol. The number of carbonyl (C=O) groups is 1. The first-order valence-electron chi connectivity index (χ1n) is 10.2. The van der Waals surface area contributed by atoms with Crippen LogP contribution in [0.3, 0.4) is 0 Å². The summed E-state index contributed by atoms with van der Waals surface area (Å²) >= 11 is 18.7. The highest BCUT2D eigenvalue weighted by atomic mass is 35.5. The molecule has 0 aliphatic heterocycles. The molecule has 172 valence electrons. The molecule has 0 saturated carbocycles. The molecule has 0 bridgehead atoms. The normalized spacial score (nSPS) is 11.7. The lowest BCUT2D eigenvalue weighted by Crippen LogP contribution is -2.41. The summed E-state index contributed by atoms with van der Waals surface area (Å²) in [5, 5.41) is 19.2. The van der Waals surface area contributed by atoms with Gasteiger partial charge in [0.25, 0.3) is 5.91 Å². The molecule has 33 heavy (non-hydrogen) atoms. The SMILES string of the molecule is CC(C)(O)C#Cc1c(C(=O)NC(C)(C)C)nn(-c2ccc(Cl)cc2Cl)c1-c1ccc(Cl)cc1. The second kappa shape index (κ2) is 9.40. The first-order chi connectivity index (χ1) is 15.2. The summed E-state index contributed by atoms with van der Waals surface area (Å²) in [6, 6.07) is 12.1. The van der Waals surface area contributed by atoms with Crippen molar-refractivity contribution >= 4 is 40.7 Å². The lowest BCUT2D eigenvalue weighted by Gasteiger charge is -2.19. The van der Waals surface area contributed by atoms with Crippen molar-refractivity contribution in [1.29, 1.82) is 0 Å². The summed E-state index contributed by atoms with van der Waals surface area (Å²) in [6.07, 6.45) is 0. The fourth-order valence-electron chi connectivity index (χ4n) is 3.01. The maximum Gasteiger partial charge on any atom is 0.273 e. The first-order valence-corrected chi connectivity index (χ1v) is 11.3. The number of amides is 1. The summed E-state index contributed by atoms with van der Waals surface area (Å²) in [5.41, 5.74) is 0.450. The third-order valence-corrected chi connectivity index (χ3v) is 5.13. The number of nitrogens with zero attached hydrogens (tertiary/aromatic N) is 2. The highest BCUT2D eigenvalue weighted by molar-refractivity contribution is 6.35. The average Bonchev–Trinajstić information content (AvgIpc) is 3.04. The maximum atomic E-state index is 13.2. The van der Waals surface area contributed by atoms with E-state index in [9.17, 15) is 9.90 Å². The Balaban J connectivity index is 2.39. The van der Waals surface area contributed by atoms with Gasteiger partial charge < -0.3 is 10.4 Å². The summed E-state index contributed by atoms with van der Waals surface area (Å²) in [6.45, 7) is 8.76. The van der Waals surface area contributed by atoms with Gasteiger partial charge >= 0.3 is 0 Å². The Morgan fingerprint density at radius 1 is 1.00 bits per heavy atom. The van der Waals surface area contributed by atoms with Gasteiger partial charge in [-0.1, -0.05) is 58.8 Å². The van der Waals surface area contributed by atoms with Crippen molar-refractivity contribution in [2.45, 2.75) is 45.8 Å². The number of nitrogens with one attached hydrogen (secondary N) is 1. The van der Waals surface area contributed by atoms with E-state index in [0.717, 1.165) is 0 Å². The van der Waals surface area contributed by atoms with Crippen LogP contribution >= 0.6 is 34.8 Å². The van der Waals surface area contributed by atoms with Crippen molar-refractivity contribution in [3.05, 3.63) is 68.8 Å². The zero-order valence-corrected chi connectivity index (χ0v) is 21.2. The number of hydrogen-bond acceptors (Lipinski definition) is 3. The minimum atomic E-state index is -1.28. The number of rotatable bonds is 3. The van der Waals surface area contributed by atoms with E-state index in [1.807, 2.05) is 20.8 Å². The number of aliphatic hydroxyl groups is 1. The van der Waals surface area contributed by atoms with Crippen molar-refractivity contribution in [3.63, 3.8) is 0 Å². The number of benzene rings is 2. The maximum absolute atomic E-state index is 13.2. The quantitative estimate of drug-likeness (QED) is 0.420. The topological polar surface area (TPSA) is 67.2 Å². The molecule has 0 atom stereocenters. The third kappa shape index (κ3) is 6.31. The van der Waals surface area contributed by atoms with Crippen LogP contribution in [0.25, 0.3) is 16.9 Å². The summed E-state index contributed by atoms with van der Waals surface area (Å²) in [7, 11) is 0. The molecule has 2 aromatic carbocycles. The van der Waals surface area contributed by atoms with Gasteiger partial charge in [0.05, 0.1) is 22.0 Å². The van der Waals surface area contributed by atoms with E-state index in [-0.39, 0.29) is 5.69 Å². The van der Waals surface area contributed by atoms with Gasteiger partial charge in [0.2, 0.25) is 0 Å². The van der Waals surface area contributed by atoms with Crippen molar-refractivity contribution in [2.24, 2.45) is 0 Å². The Morgan fingerprint density at radius 3 is 2.15 bits per heavy atom. The third-order valence-electron chi connectivity index (χ3n) is 4.34. The Labute approximate surface area is 208 Å². The molecular weight excluding hydrogens is 481 g/mol. The molecule has 0 spiro atoms. The minimum absolute atomic E-state index is 0.109. The molecule has 1 aromatic heterocycles. The van der Waals surface area contributed by atoms with E-state index in [1.54, 1.807) is 61.0 Å². The van der Waals surface area contributed by atoms with E-state index in [1.165, 1.54) is 0 Å². The molecule has 0 radical (unpaired) electrons. The fourth-order valence-corrected chi connectivity index (χ4v) is 3.63. The monoisotopic (exact) mass is 503 g/mol. The molecule has 2 N–H and O–H groups in total. The van der Waals surface area contributed by atoms with Crippen LogP contribution in [-0.2, 0) is 0 Å². The second-order valence-electron chi connectivity index (χ2n) is 9.10. The number of carbonyl (C=O) groups excluding carboxylic acids is 1. The standard InChI is InChI=1S/C25H24Cl3N3O2/c1-24(2,3)29-23(32)21-18(12-13-25(4,5)33)22(15-6-8-16(26)9-7-15)31(30-21)20-11-10-17(27)14-19(20)28/h6-11,14,33H,1-5H3,(H,29,32). The van der Waals surface area contributed by atoms with E-state index in [0.29, 0.717) is 37.6 Å². The molecule has 5 nitrogen and oxygen atoms in total. The van der Waals surface area contributed by atoms with Crippen LogP contribution in [0.1, 0.15) is 50.7 Å². The lowest BCUT2D eigenvalue weighted by atomic mass is 10.0. The number of halogens is 3.